The average Bonchev–Trinajstić information content (AvgIpc) is 2.31. The van der Waals surface area contributed by atoms with Crippen LogP contribution in [0.2, 0.25) is 0 Å². The van der Waals surface area contributed by atoms with Crippen molar-refractivity contribution in [1.82, 2.24) is 0 Å². The van der Waals surface area contributed by atoms with Gasteiger partial charge in [-0.25, -0.2) is 0 Å². The first-order valence-corrected chi connectivity index (χ1v) is 6.08. The van der Waals surface area contributed by atoms with Gasteiger partial charge in [0.15, 0.2) is 0 Å². The molecule has 1 atom stereocenters. The maximum absolute atomic E-state index is 10.9. The van der Waals surface area contributed by atoms with Crippen molar-refractivity contribution in [1.29, 1.82) is 0 Å². The van der Waals surface area contributed by atoms with Crippen LogP contribution in [0.15, 0.2) is 18.2 Å². The third kappa shape index (κ3) is 4.28. The predicted octanol–water partition coefficient (Wildman–Crippen LogP) is 1.92. The first-order chi connectivity index (χ1) is 8.81. The molecular weight excluding hydrogens is 246 g/mol. The lowest BCUT2D eigenvalue weighted by atomic mass is 10.1. The van der Waals surface area contributed by atoms with E-state index in [1.54, 1.807) is 11.8 Å². The molecule has 0 aromatic heterocycles. The molecule has 0 aliphatic heterocycles. The van der Waals surface area contributed by atoms with Gasteiger partial charge in [0.05, 0.1) is 5.92 Å². The lowest BCUT2D eigenvalue weighted by Crippen LogP contribution is -2.35. The molecule has 1 aromatic rings. The first kappa shape index (κ1) is 15.0. The number of anilines is 1. The highest BCUT2D eigenvalue weighted by molar-refractivity contribution is 5.75. The molecule has 0 saturated carbocycles. The van der Waals surface area contributed by atoms with E-state index in [2.05, 4.69) is 0 Å². The molecule has 2 N–H and O–H groups in total. The second kappa shape index (κ2) is 6.22. The van der Waals surface area contributed by atoms with E-state index in [1.165, 1.54) is 0 Å². The molecule has 1 rings (SSSR count). The fourth-order valence-corrected chi connectivity index (χ4v) is 1.76. The van der Waals surface area contributed by atoms with E-state index in [9.17, 15) is 9.59 Å². The average molecular weight is 265 g/mol. The number of hydrogen-bond donors (Lipinski definition) is 2. The van der Waals surface area contributed by atoms with Gasteiger partial charge in [0.2, 0.25) is 0 Å². The van der Waals surface area contributed by atoms with Crippen LogP contribution in [-0.4, -0.2) is 35.2 Å². The molecule has 0 aliphatic rings. The number of aryl methyl sites for hydroxylation is 2. The molecule has 0 aliphatic carbocycles. The van der Waals surface area contributed by atoms with Crippen molar-refractivity contribution in [2.75, 3.05) is 18.0 Å². The smallest absolute Gasteiger partial charge is 0.323 e. The summed E-state index contributed by atoms with van der Waals surface area (Å²) in [6.07, 6.45) is 0. The molecule has 5 heteroatoms. The summed E-state index contributed by atoms with van der Waals surface area (Å²) in [7, 11) is 0. The number of hydrogen-bond acceptors (Lipinski definition) is 3. The summed E-state index contributed by atoms with van der Waals surface area (Å²) in [6.45, 7) is 5.45. The van der Waals surface area contributed by atoms with Crippen molar-refractivity contribution >= 4 is 17.6 Å². The second-order valence-corrected chi connectivity index (χ2v) is 4.78. The summed E-state index contributed by atoms with van der Waals surface area (Å²) in [5, 5.41) is 17.9. The van der Waals surface area contributed by atoms with Crippen LogP contribution in [0.4, 0.5) is 5.69 Å². The number of nitrogens with zero attached hydrogens (tertiary/aromatic N) is 1. The molecule has 0 heterocycles. The van der Waals surface area contributed by atoms with Gasteiger partial charge in [0.25, 0.3) is 0 Å². The Bertz CT molecular complexity index is 484. The molecule has 0 spiro atoms. The Morgan fingerprint density at radius 3 is 2.32 bits per heavy atom. The predicted molar refractivity (Wildman–Crippen MR) is 72.6 cm³/mol. The minimum atomic E-state index is -0.976. The van der Waals surface area contributed by atoms with Crippen LogP contribution in [-0.2, 0) is 9.59 Å². The molecule has 0 bridgehead atoms. The number of benzene rings is 1. The van der Waals surface area contributed by atoms with Crippen molar-refractivity contribution < 1.29 is 19.8 Å². The molecule has 1 aromatic carbocycles. The Balaban J connectivity index is 2.98. The first-order valence-electron chi connectivity index (χ1n) is 6.08. The molecule has 104 valence electrons. The lowest BCUT2D eigenvalue weighted by molar-refractivity contribution is -0.141. The SMILES string of the molecule is Cc1ccc(N(CC(=O)O)CC(C)C(=O)O)cc1C. The van der Waals surface area contributed by atoms with Gasteiger partial charge in [0.1, 0.15) is 6.54 Å². The fraction of sp³-hybridized carbons (Fsp3) is 0.429. The van der Waals surface area contributed by atoms with E-state index in [0.29, 0.717) is 0 Å². The van der Waals surface area contributed by atoms with Crippen LogP contribution in [0, 0.1) is 19.8 Å². The Hall–Kier alpha value is -2.04. The van der Waals surface area contributed by atoms with E-state index >= 15 is 0 Å². The van der Waals surface area contributed by atoms with E-state index in [4.69, 9.17) is 10.2 Å². The van der Waals surface area contributed by atoms with E-state index in [0.717, 1.165) is 16.8 Å². The van der Waals surface area contributed by atoms with Gasteiger partial charge in [-0.15, -0.1) is 0 Å². The van der Waals surface area contributed by atoms with Gasteiger partial charge in [-0.05, 0) is 37.1 Å². The van der Waals surface area contributed by atoms with E-state index in [1.807, 2.05) is 32.0 Å². The Morgan fingerprint density at radius 2 is 1.84 bits per heavy atom. The molecule has 5 nitrogen and oxygen atoms in total. The molecule has 0 amide bonds. The quantitative estimate of drug-likeness (QED) is 0.821. The highest BCUT2D eigenvalue weighted by Crippen LogP contribution is 2.20. The Kier molecular flexibility index (Phi) is 4.92. The lowest BCUT2D eigenvalue weighted by Gasteiger charge is -2.25. The molecule has 0 saturated heterocycles. The monoisotopic (exact) mass is 265 g/mol. The zero-order chi connectivity index (χ0) is 14.6. The van der Waals surface area contributed by atoms with Crippen molar-refractivity contribution in [2.24, 2.45) is 5.92 Å². The topological polar surface area (TPSA) is 77.8 Å². The van der Waals surface area contributed by atoms with Crippen LogP contribution >= 0.6 is 0 Å². The highest BCUT2D eigenvalue weighted by atomic mass is 16.4. The largest absolute Gasteiger partial charge is 0.481 e. The maximum Gasteiger partial charge on any atom is 0.323 e. The number of carboxylic acid groups (broad SMARTS) is 2. The maximum atomic E-state index is 10.9. The second-order valence-electron chi connectivity index (χ2n) is 4.78. The van der Waals surface area contributed by atoms with Crippen LogP contribution in [0.25, 0.3) is 0 Å². The standard InChI is InChI=1S/C14H19NO4/c1-9-4-5-12(6-10(9)2)15(8-13(16)17)7-11(3)14(18)19/h4-6,11H,7-8H2,1-3H3,(H,16,17)(H,18,19). The third-order valence-corrected chi connectivity index (χ3v) is 3.10. The minimum Gasteiger partial charge on any atom is -0.481 e. The Morgan fingerprint density at radius 1 is 1.21 bits per heavy atom. The normalized spacial score (nSPS) is 11.9. The van der Waals surface area contributed by atoms with Crippen LogP contribution < -0.4 is 4.90 Å². The van der Waals surface area contributed by atoms with Crippen LogP contribution in [0.1, 0.15) is 18.1 Å². The summed E-state index contributed by atoms with van der Waals surface area (Å²) < 4.78 is 0. The van der Waals surface area contributed by atoms with Crippen molar-refractivity contribution in [2.45, 2.75) is 20.8 Å². The molecule has 1 unspecified atom stereocenters. The highest BCUT2D eigenvalue weighted by Gasteiger charge is 2.18. The summed E-state index contributed by atoms with van der Waals surface area (Å²) in [5.74, 6) is -2.53. The molecular formula is C14H19NO4. The number of carbonyl (C=O) groups is 2. The summed E-state index contributed by atoms with van der Waals surface area (Å²) >= 11 is 0. The summed E-state index contributed by atoms with van der Waals surface area (Å²) in [6, 6.07) is 5.61. The van der Waals surface area contributed by atoms with Crippen molar-refractivity contribution in [3.63, 3.8) is 0 Å². The van der Waals surface area contributed by atoms with E-state index < -0.39 is 17.9 Å². The van der Waals surface area contributed by atoms with Gasteiger partial charge >= 0.3 is 11.9 Å². The van der Waals surface area contributed by atoms with Gasteiger partial charge in [-0.1, -0.05) is 13.0 Å². The fourth-order valence-electron chi connectivity index (χ4n) is 1.76. The number of rotatable bonds is 6. The van der Waals surface area contributed by atoms with E-state index in [-0.39, 0.29) is 13.1 Å². The molecule has 19 heavy (non-hydrogen) atoms. The van der Waals surface area contributed by atoms with Gasteiger partial charge in [-0.2, -0.15) is 0 Å². The minimum absolute atomic E-state index is 0.171. The van der Waals surface area contributed by atoms with Crippen LogP contribution in [0.3, 0.4) is 0 Å². The van der Waals surface area contributed by atoms with Crippen LogP contribution in [0.5, 0.6) is 0 Å². The van der Waals surface area contributed by atoms with Crippen molar-refractivity contribution in [3.05, 3.63) is 29.3 Å². The number of carboxylic acids is 2. The zero-order valence-corrected chi connectivity index (χ0v) is 11.4. The molecule has 0 fully saturated rings. The third-order valence-electron chi connectivity index (χ3n) is 3.10. The summed E-state index contributed by atoms with van der Waals surface area (Å²) in [4.78, 5) is 23.4. The van der Waals surface area contributed by atoms with Gasteiger partial charge in [0, 0.05) is 12.2 Å². The van der Waals surface area contributed by atoms with Crippen molar-refractivity contribution in [3.8, 4) is 0 Å². The number of aliphatic carboxylic acids is 2. The zero-order valence-electron chi connectivity index (χ0n) is 11.4. The van der Waals surface area contributed by atoms with Gasteiger partial charge in [-0.3, -0.25) is 9.59 Å². The van der Waals surface area contributed by atoms with Gasteiger partial charge < -0.3 is 15.1 Å². The summed E-state index contributed by atoms with van der Waals surface area (Å²) in [5.41, 5.74) is 2.90. The Labute approximate surface area is 112 Å². The molecule has 0 radical (unpaired) electrons.